The fourth-order valence-corrected chi connectivity index (χ4v) is 5.21. The number of primary sulfonamides is 1. The number of hydrogen-bond acceptors (Lipinski definition) is 7. The molecule has 188 valence electrons. The van der Waals surface area contributed by atoms with Gasteiger partial charge in [-0.25, -0.2) is 13.6 Å². The SMILES string of the molecule is COc1ccc(-c2nnc3c4ccccc4c(Nc4cccc(-c5ccccc5S(N)(=O)=O)c4)nn23)cc1. The van der Waals surface area contributed by atoms with Gasteiger partial charge in [0.05, 0.1) is 12.0 Å². The summed E-state index contributed by atoms with van der Waals surface area (Å²) in [5.74, 6) is 1.93. The molecule has 0 aliphatic heterocycles. The monoisotopic (exact) mass is 522 g/mol. The molecule has 0 atom stereocenters. The molecule has 3 N–H and O–H groups in total. The predicted molar refractivity (Wildman–Crippen MR) is 147 cm³/mol. The van der Waals surface area contributed by atoms with Gasteiger partial charge < -0.3 is 10.1 Å². The van der Waals surface area contributed by atoms with Gasteiger partial charge in [0.2, 0.25) is 10.0 Å². The lowest BCUT2D eigenvalue weighted by atomic mass is 10.0. The molecule has 0 aliphatic rings. The van der Waals surface area contributed by atoms with E-state index in [9.17, 15) is 8.42 Å². The van der Waals surface area contributed by atoms with Crippen LogP contribution in [-0.4, -0.2) is 35.3 Å². The number of rotatable bonds is 6. The molecule has 0 saturated carbocycles. The molecule has 4 aromatic carbocycles. The maximum atomic E-state index is 12.2. The van der Waals surface area contributed by atoms with Crippen LogP contribution in [0.1, 0.15) is 0 Å². The van der Waals surface area contributed by atoms with E-state index in [-0.39, 0.29) is 4.90 Å². The largest absolute Gasteiger partial charge is 0.497 e. The zero-order valence-electron chi connectivity index (χ0n) is 20.2. The van der Waals surface area contributed by atoms with E-state index in [1.165, 1.54) is 6.07 Å². The van der Waals surface area contributed by atoms with Crippen molar-refractivity contribution in [2.45, 2.75) is 4.90 Å². The minimum Gasteiger partial charge on any atom is -0.497 e. The number of nitrogens with two attached hydrogens (primary N) is 1. The Hall–Kier alpha value is -4.80. The molecule has 0 saturated heterocycles. The van der Waals surface area contributed by atoms with E-state index in [2.05, 4.69) is 15.5 Å². The van der Waals surface area contributed by atoms with Crippen molar-refractivity contribution in [1.29, 1.82) is 0 Å². The molecule has 0 unspecified atom stereocenters. The highest BCUT2D eigenvalue weighted by Crippen LogP contribution is 2.32. The maximum Gasteiger partial charge on any atom is 0.238 e. The van der Waals surface area contributed by atoms with Crippen molar-refractivity contribution < 1.29 is 13.2 Å². The number of fused-ring (bicyclic) bond motifs is 3. The van der Waals surface area contributed by atoms with Crippen LogP contribution in [0.2, 0.25) is 0 Å². The number of hydrogen-bond donors (Lipinski definition) is 2. The standard InChI is InChI=1S/C28H22N6O3S/c1-37-21-15-13-18(14-16-21)27-31-32-28-24-11-3-2-10-23(24)26(33-34(27)28)30-20-8-6-7-19(17-20)22-9-4-5-12-25(22)38(29,35)36/h2-17H,1H3,(H,30,33)(H2,29,35,36). The highest BCUT2D eigenvalue weighted by Gasteiger charge is 2.17. The first-order chi connectivity index (χ1) is 18.4. The van der Waals surface area contributed by atoms with E-state index < -0.39 is 10.0 Å². The van der Waals surface area contributed by atoms with Crippen LogP contribution < -0.4 is 15.2 Å². The Morgan fingerprint density at radius 3 is 2.32 bits per heavy atom. The molecule has 0 bridgehead atoms. The summed E-state index contributed by atoms with van der Waals surface area (Å²) in [5, 5.41) is 24.3. The summed E-state index contributed by atoms with van der Waals surface area (Å²) >= 11 is 0. The molecule has 0 amide bonds. The Kier molecular flexibility index (Phi) is 5.74. The van der Waals surface area contributed by atoms with Crippen molar-refractivity contribution in [3.8, 4) is 28.3 Å². The predicted octanol–water partition coefficient (Wildman–Crippen LogP) is 5.01. The Balaban J connectivity index is 1.47. The lowest BCUT2D eigenvalue weighted by molar-refractivity contribution is 0.415. The smallest absolute Gasteiger partial charge is 0.238 e. The van der Waals surface area contributed by atoms with Gasteiger partial charge in [0.15, 0.2) is 17.3 Å². The van der Waals surface area contributed by atoms with Gasteiger partial charge in [0, 0.05) is 27.6 Å². The Labute approximate surface area is 218 Å². The van der Waals surface area contributed by atoms with Crippen LogP contribution in [0.25, 0.3) is 38.9 Å². The molecule has 2 heterocycles. The second kappa shape index (κ2) is 9.25. The van der Waals surface area contributed by atoms with Gasteiger partial charge in [-0.05, 0) is 48.0 Å². The number of sulfonamides is 1. The van der Waals surface area contributed by atoms with Crippen LogP contribution in [0.5, 0.6) is 5.75 Å². The third-order valence-electron chi connectivity index (χ3n) is 6.24. The van der Waals surface area contributed by atoms with E-state index in [4.69, 9.17) is 15.0 Å². The minimum atomic E-state index is -3.89. The summed E-state index contributed by atoms with van der Waals surface area (Å²) in [6.45, 7) is 0. The van der Waals surface area contributed by atoms with Gasteiger partial charge in [-0.15, -0.1) is 15.3 Å². The van der Waals surface area contributed by atoms with Crippen molar-refractivity contribution in [3.63, 3.8) is 0 Å². The van der Waals surface area contributed by atoms with E-state index in [1.54, 1.807) is 29.8 Å². The van der Waals surface area contributed by atoms with Crippen molar-refractivity contribution in [3.05, 3.63) is 97.1 Å². The highest BCUT2D eigenvalue weighted by atomic mass is 32.2. The quantitative estimate of drug-likeness (QED) is 0.315. The van der Waals surface area contributed by atoms with Gasteiger partial charge in [-0.1, -0.05) is 54.6 Å². The molecule has 0 spiro atoms. The van der Waals surface area contributed by atoms with Crippen LogP contribution in [0.3, 0.4) is 0 Å². The van der Waals surface area contributed by atoms with Crippen LogP contribution in [0, 0.1) is 0 Å². The first-order valence-electron chi connectivity index (χ1n) is 11.7. The molecule has 6 rings (SSSR count). The fourth-order valence-electron chi connectivity index (χ4n) is 4.45. The van der Waals surface area contributed by atoms with Crippen molar-refractivity contribution in [2.24, 2.45) is 5.14 Å². The van der Waals surface area contributed by atoms with Gasteiger partial charge in [0.1, 0.15) is 5.75 Å². The van der Waals surface area contributed by atoms with Gasteiger partial charge in [0.25, 0.3) is 0 Å². The second-order valence-corrected chi connectivity index (χ2v) is 10.2. The van der Waals surface area contributed by atoms with Crippen molar-refractivity contribution in [2.75, 3.05) is 12.4 Å². The van der Waals surface area contributed by atoms with E-state index in [0.29, 0.717) is 28.4 Å². The van der Waals surface area contributed by atoms with Crippen LogP contribution >= 0.6 is 0 Å². The summed E-state index contributed by atoms with van der Waals surface area (Å²) in [6.07, 6.45) is 0. The van der Waals surface area contributed by atoms with Gasteiger partial charge in [-0.2, -0.15) is 4.52 Å². The average Bonchev–Trinajstić information content (AvgIpc) is 3.37. The minimum absolute atomic E-state index is 0.0655. The summed E-state index contributed by atoms with van der Waals surface area (Å²) in [5.41, 5.74) is 3.42. The summed E-state index contributed by atoms with van der Waals surface area (Å²) < 4.78 is 31.3. The Morgan fingerprint density at radius 1 is 0.816 bits per heavy atom. The summed E-state index contributed by atoms with van der Waals surface area (Å²) in [4.78, 5) is 0.0655. The Bertz CT molecular complexity index is 1920. The summed E-state index contributed by atoms with van der Waals surface area (Å²) in [6, 6.07) is 29.5. The zero-order valence-corrected chi connectivity index (χ0v) is 21.1. The molecule has 9 nitrogen and oxygen atoms in total. The second-order valence-electron chi connectivity index (χ2n) is 8.63. The van der Waals surface area contributed by atoms with Crippen molar-refractivity contribution in [1.82, 2.24) is 19.8 Å². The van der Waals surface area contributed by atoms with Crippen LogP contribution in [0.4, 0.5) is 11.5 Å². The number of ether oxygens (including phenoxy) is 1. The lowest BCUT2D eigenvalue weighted by Gasteiger charge is -2.13. The first-order valence-corrected chi connectivity index (χ1v) is 13.2. The first kappa shape index (κ1) is 23.6. The molecule has 0 aliphatic carbocycles. The topological polar surface area (TPSA) is 124 Å². The molecule has 6 aromatic rings. The van der Waals surface area contributed by atoms with Crippen LogP contribution in [-0.2, 0) is 10.0 Å². The highest BCUT2D eigenvalue weighted by molar-refractivity contribution is 7.89. The molecule has 0 radical (unpaired) electrons. The normalized spacial score (nSPS) is 11.6. The number of benzene rings is 4. The van der Waals surface area contributed by atoms with E-state index in [1.807, 2.05) is 72.8 Å². The molecule has 38 heavy (non-hydrogen) atoms. The number of methoxy groups -OCH3 is 1. The third-order valence-corrected chi connectivity index (χ3v) is 7.21. The fraction of sp³-hybridized carbons (Fsp3) is 0.0357. The maximum absolute atomic E-state index is 12.2. The molecule has 2 aromatic heterocycles. The molecule has 0 fully saturated rings. The van der Waals surface area contributed by atoms with E-state index >= 15 is 0 Å². The number of nitrogens with one attached hydrogen (secondary N) is 1. The van der Waals surface area contributed by atoms with E-state index in [0.717, 1.165) is 27.8 Å². The van der Waals surface area contributed by atoms with Crippen LogP contribution in [0.15, 0.2) is 102 Å². The van der Waals surface area contributed by atoms with Crippen molar-refractivity contribution >= 4 is 37.9 Å². The zero-order chi connectivity index (χ0) is 26.3. The molecular weight excluding hydrogens is 500 g/mol. The van der Waals surface area contributed by atoms with Gasteiger partial charge >= 0.3 is 0 Å². The number of aromatic nitrogens is 4. The molecular formula is C28H22N6O3S. The summed E-state index contributed by atoms with van der Waals surface area (Å²) in [7, 11) is -2.27. The van der Waals surface area contributed by atoms with Gasteiger partial charge in [-0.3, -0.25) is 0 Å². The number of anilines is 2. The molecule has 10 heteroatoms. The lowest BCUT2D eigenvalue weighted by Crippen LogP contribution is -2.13. The third kappa shape index (κ3) is 4.21. The number of nitrogens with zero attached hydrogens (tertiary/aromatic N) is 4. The average molecular weight is 523 g/mol. The Morgan fingerprint density at radius 2 is 1.55 bits per heavy atom.